The van der Waals surface area contributed by atoms with Gasteiger partial charge in [-0.25, -0.2) is 14.6 Å². The van der Waals surface area contributed by atoms with Gasteiger partial charge in [-0.15, -0.1) is 17.0 Å². The minimum atomic E-state index is -0.355. The van der Waals surface area contributed by atoms with Crippen molar-refractivity contribution in [1.82, 2.24) is 19.7 Å². The monoisotopic (exact) mass is 362 g/mol. The largest absolute Gasteiger partial charge is 0.383 e. The number of nitrogens with two attached hydrogens (primary N) is 2. The number of hydrogen-bond acceptors (Lipinski definition) is 5. The van der Waals surface area contributed by atoms with E-state index in [4.69, 9.17) is 16.6 Å². The number of nitrogen functional groups attached to an aromatic ring is 1. The smallest absolute Gasteiger partial charge is 0.164 e. The summed E-state index contributed by atoms with van der Waals surface area (Å²) in [6.45, 7) is 4.49. The van der Waals surface area contributed by atoms with Crippen LogP contribution in [0.5, 0.6) is 0 Å². The second-order valence-corrected chi connectivity index (χ2v) is 5.60. The average Bonchev–Trinajstić information content (AvgIpc) is 2.90. The van der Waals surface area contributed by atoms with Gasteiger partial charge in [0.25, 0.3) is 0 Å². The number of halogens is 1. The summed E-state index contributed by atoms with van der Waals surface area (Å²) < 4.78 is 1.84. The minimum absolute atomic E-state index is 0. The van der Waals surface area contributed by atoms with E-state index in [9.17, 15) is 0 Å². The fraction of sp³-hybridized carbons (Fsp3) is 0.267. The first kappa shape index (κ1) is 16.4. The quantitative estimate of drug-likeness (QED) is 0.745. The van der Waals surface area contributed by atoms with E-state index in [-0.39, 0.29) is 22.5 Å². The molecule has 22 heavy (non-hydrogen) atoms. The van der Waals surface area contributed by atoms with E-state index in [1.54, 1.807) is 0 Å². The molecule has 0 bridgehead atoms. The van der Waals surface area contributed by atoms with Gasteiger partial charge < -0.3 is 11.5 Å². The normalized spacial score (nSPS) is 11.4. The maximum Gasteiger partial charge on any atom is 0.164 e. The van der Waals surface area contributed by atoms with Gasteiger partial charge in [0.15, 0.2) is 5.65 Å². The number of benzene rings is 1. The number of rotatable bonds is 3. The molecule has 6 nitrogen and oxygen atoms in total. The Morgan fingerprint density at radius 2 is 1.82 bits per heavy atom. The van der Waals surface area contributed by atoms with Crippen molar-refractivity contribution in [3.05, 3.63) is 36.7 Å². The molecule has 0 unspecified atom stereocenters. The molecule has 2 aromatic heterocycles. The first-order valence-electron chi connectivity index (χ1n) is 6.80. The molecule has 7 heteroatoms. The van der Waals surface area contributed by atoms with Gasteiger partial charge >= 0.3 is 0 Å². The molecule has 2 heterocycles. The molecule has 3 aromatic rings. The van der Waals surface area contributed by atoms with Crippen molar-refractivity contribution in [3.8, 4) is 11.3 Å². The van der Waals surface area contributed by atoms with Gasteiger partial charge in [0.05, 0.1) is 10.9 Å². The highest BCUT2D eigenvalue weighted by atomic mass is 79.9. The van der Waals surface area contributed by atoms with E-state index in [2.05, 4.69) is 9.97 Å². The zero-order chi connectivity index (χ0) is 15.0. The lowest BCUT2D eigenvalue weighted by Crippen LogP contribution is -2.36. The lowest BCUT2D eigenvalue weighted by molar-refractivity contribution is 0.340. The van der Waals surface area contributed by atoms with Crippen LogP contribution in [0.1, 0.15) is 13.8 Å². The predicted molar refractivity (Wildman–Crippen MR) is 93.9 cm³/mol. The molecule has 3 rings (SSSR count). The van der Waals surface area contributed by atoms with E-state index >= 15 is 0 Å². The molecule has 0 aliphatic rings. The lowest BCUT2D eigenvalue weighted by Gasteiger charge is -2.23. The van der Waals surface area contributed by atoms with Crippen molar-refractivity contribution in [2.45, 2.75) is 19.4 Å². The zero-order valence-electron chi connectivity index (χ0n) is 12.5. The van der Waals surface area contributed by atoms with E-state index in [1.807, 2.05) is 48.9 Å². The first-order chi connectivity index (χ1) is 10.0. The molecule has 0 radical (unpaired) electrons. The molecular formula is C15H19BrN6. The molecule has 0 aliphatic heterocycles. The summed E-state index contributed by atoms with van der Waals surface area (Å²) in [5.41, 5.74) is 14.1. The van der Waals surface area contributed by atoms with Crippen LogP contribution in [0.2, 0.25) is 0 Å². The fourth-order valence-corrected chi connectivity index (χ4v) is 2.28. The molecule has 0 aliphatic carbocycles. The van der Waals surface area contributed by atoms with Gasteiger partial charge in [-0.05, 0) is 13.8 Å². The van der Waals surface area contributed by atoms with Crippen LogP contribution in [0.4, 0.5) is 5.82 Å². The number of fused-ring (bicyclic) bond motifs is 1. The van der Waals surface area contributed by atoms with E-state index in [0.29, 0.717) is 18.0 Å². The topological polar surface area (TPSA) is 95.6 Å². The summed E-state index contributed by atoms with van der Waals surface area (Å²) in [6.07, 6.45) is 1.46. The van der Waals surface area contributed by atoms with Crippen molar-refractivity contribution in [1.29, 1.82) is 0 Å². The van der Waals surface area contributed by atoms with Gasteiger partial charge in [-0.2, -0.15) is 5.10 Å². The lowest BCUT2D eigenvalue weighted by atomic mass is 10.1. The fourth-order valence-electron chi connectivity index (χ4n) is 2.28. The predicted octanol–water partition coefficient (Wildman–Crippen LogP) is 2.35. The molecule has 4 N–H and O–H groups in total. The van der Waals surface area contributed by atoms with Crippen LogP contribution in [-0.2, 0) is 5.54 Å². The zero-order valence-corrected chi connectivity index (χ0v) is 14.2. The average molecular weight is 363 g/mol. The molecule has 0 atom stereocenters. The SMILES string of the molecule is Br.CC(C)(CN)n1nc(-c2ccccc2)c2c(N)ncnc21. The highest BCUT2D eigenvalue weighted by Crippen LogP contribution is 2.32. The second-order valence-electron chi connectivity index (χ2n) is 5.60. The Hall–Kier alpha value is -1.99. The summed E-state index contributed by atoms with van der Waals surface area (Å²) >= 11 is 0. The Kier molecular flexibility index (Phi) is 4.48. The third kappa shape index (κ3) is 2.57. The van der Waals surface area contributed by atoms with E-state index in [1.165, 1.54) is 6.33 Å². The molecule has 1 aromatic carbocycles. The number of hydrogen-bond donors (Lipinski definition) is 2. The number of aromatic nitrogens is 4. The minimum Gasteiger partial charge on any atom is -0.383 e. The molecule has 0 saturated carbocycles. The summed E-state index contributed by atoms with van der Waals surface area (Å²) in [5, 5.41) is 5.49. The first-order valence-corrected chi connectivity index (χ1v) is 6.80. The van der Waals surface area contributed by atoms with Crippen LogP contribution in [0.3, 0.4) is 0 Å². The highest BCUT2D eigenvalue weighted by molar-refractivity contribution is 8.93. The standard InChI is InChI=1S/C15H18N6.BrH/c1-15(2,8-16)21-14-11(13(17)18-9-19-14)12(20-21)10-6-4-3-5-7-10;/h3-7,9H,8,16H2,1-2H3,(H2,17,18,19);1H. The third-order valence-corrected chi connectivity index (χ3v) is 3.61. The van der Waals surface area contributed by atoms with Gasteiger partial charge in [0, 0.05) is 12.1 Å². The molecule has 0 fully saturated rings. The van der Waals surface area contributed by atoms with E-state index in [0.717, 1.165) is 16.6 Å². The Balaban J connectivity index is 0.00000176. The van der Waals surface area contributed by atoms with Crippen molar-refractivity contribution in [2.75, 3.05) is 12.3 Å². The van der Waals surface area contributed by atoms with Crippen molar-refractivity contribution in [2.24, 2.45) is 5.73 Å². The summed E-state index contributed by atoms with van der Waals surface area (Å²) in [5.74, 6) is 0.429. The molecule has 0 amide bonds. The van der Waals surface area contributed by atoms with Crippen molar-refractivity contribution >= 4 is 33.8 Å². The summed E-state index contributed by atoms with van der Waals surface area (Å²) in [6, 6.07) is 9.89. The molecular weight excluding hydrogens is 344 g/mol. The van der Waals surface area contributed by atoms with Gasteiger partial charge in [0.2, 0.25) is 0 Å². The molecule has 0 spiro atoms. The molecule has 0 saturated heterocycles. The van der Waals surface area contributed by atoms with Crippen molar-refractivity contribution < 1.29 is 0 Å². The van der Waals surface area contributed by atoms with Gasteiger partial charge in [-0.3, -0.25) is 0 Å². The maximum atomic E-state index is 6.06. The van der Waals surface area contributed by atoms with Crippen LogP contribution in [-0.4, -0.2) is 26.3 Å². The number of nitrogens with zero attached hydrogens (tertiary/aromatic N) is 4. The molecule has 116 valence electrons. The van der Waals surface area contributed by atoms with Crippen LogP contribution in [0.15, 0.2) is 36.7 Å². The van der Waals surface area contributed by atoms with Crippen LogP contribution < -0.4 is 11.5 Å². The van der Waals surface area contributed by atoms with Gasteiger partial charge in [0.1, 0.15) is 17.8 Å². The van der Waals surface area contributed by atoms with Crippen LogP contribution >= 0.6 is 17.0 Å². The van der Waals surface area contributed by atoms with Crippen LogP contribution in [0.25, 0.3) is 22.3 Å². The van der Waals surface area contributed by atoms with Crippen LogP contribution in [0, 0.1) is 0 Å². The second kappa shape index (κ2) is 6.02. The van der Waals surface area contributed by atoms with E-state index < -0.39 is 0 Å². The number of anilines is 1. The van der Waals surface area contributed by atoms with Crippen molar-refractivity contribution in [3.63, 3.8) is 0 Å². The summed E-state index contributed by atoms with van der Waals surface area (Å²) in [7, 11) is 0. The Bertz CT molecular complexity index is 781. The summed E-state index contributed by atoms with van der Waals surface area (Å²) in [4.78, 5) is 8.45. The highest BCUT2D eigenvalue weighted by Gasteiger charge is 2.26. The maximum absolute atomic E-state index is 6.06. The Morgan fingerprint density at radius 1 is 1.14 bits per heavy atom. The van der Waals surface area contributed by atoms with Gasteiger partial charge in [-0.1, -0.05) is 30.3 Å². The Morgan fingerprint density at radius 3 is 2.45 bits per heavy atom. The third-order valence-electron chi connectivity index (χ3n) is 3.61. The Labute approximate surface area is 139 Å².